The lowest BCUT2D eigenvalue weighted by Crippen LogP contribution is -2.38. The standard InChI is InChI=1S/C27H36N2O2/c1-28(21-24-12-10-23(11-13-24)7-5-6-20-30)22-25-14-17-29(18-15-25)19-16-26-8-3-4-9-27(26)31-2/h3-4,8-13,25,30H,6,14-22H2,1-2H3. The third-order valence-electron chi connectivity index (χ3n) is 6.04. The van der Waals surface area contributed by atoms with Crippen LogP contribution in [0.4, 0.5) is 0 Å². The number of aliphatic hydroxyl groups excluding tert-OH is 1. The van der Waals surface area contributed by atoms with Crippen LogP contribution in [0, 0.1) is 17.8 Å². The molecule has 31 heavy (non-hydrogen) atoms. The van der Waals surface area contributed by atoms with E-state index in [0.717, 1.165) is 43.3 Å². The zero-order valence-corrected chi connectivity index (χ0v) is 19.0. The molecule has 0 radical (unpaired) electrons. The van der Waals surface area contributed by atoms with Gasteiger partial charge in [0.2, 0.25) is 0 Å². The highest BCUT2D eigenvalue weighted by Gasteiger charge is 2.20. The zero-order valence-electron chi connectivity index (χ0n) is 19.0. The molecule has 1 fully saturated rings. The third kappa shape index (κ3) is 7.70. The zero-order chi connectivity index (χ0) is 21.9. The van der Waals surface area contributed by atoms with Crippen LogP contribution in [0.25, 0.3) is 0 Å². The SMILES string of the molecule is COc1ccccc1CCN1CCC(CN(C)Cc2ccc(C#CCCO)cc2)CC1. The van der Waals surface area contributed by atoms with Crippen molar-refractivity contribution in [1.29, 1.82) is 0 Å². The Morgan fingerprint density at radius 3 is 2.55 bits per heavy atom. The molecular formula is C27H36N2O2. The number of benzene rings is 2. The minimum absolute atomic E-state index is 0.122. The fourth-order valence-electron chi connectivity index (χ4n) is 4.31. The van der Waals surface area contributed by atoms with Gasteiger partial charge in [-0.1, -0.05) is 42.2 Å². The number of hydrogen-bond acceptors (Lipinski definition) is 4. The quantitative estimate of drug-likeness (QED) is 0.626. The lowest BCUT2D eigenvalue weighted by atomic mass is 9.95. The van der Waals surface area contributed by atoms with Crippen molar-refractivity contribution in [3.05, 3.63) is 65.2 Å². The van der Waals surface area contributed by atoms with Crippen LogP contribution in [-0.2, 0) is 13.0 Å². The first kappa shape index (κ1) is 23.3. The Kier molecular flexibility index (Phi) is 9.42. The summed E-state index contributed by atoms with van der Waals surface area (Å²) in [6.45, 7) is 5.73. The van der Waals surface area contributed by atoms with Crippen LogP contribution in [-0.4, -0.2) is 61.8 Å². The van der Waals surface area contributed by atoms with E-state index in [1.54, 1.807) is 7.11 Å². The van der Waals surface area contributed by atoms with Gasteiger partial charge in [-0.2, -0.15) is 0 Å². The Morgan fingerprint density at radius 1 is 1.10 bits per heavy atom. The molecule has 2 aromatic rings. The summed E-state index contributed by atoms with van der Waals surface area (Å²) in [4.78, 5) is 5.04. The van der Waals surface area contributed by atoms with Crippen LogP contribution >= 0.6 is 0 Å². The molecule has 2 aromatic carbocycles. The smallest absolute Gasteiger partial charge is 0.122 e. The predicted molar refractivity (Wildman–Crippen MR) is 127 cm³/mol. The molecule has 4 nitrogen and oxygen atoms in total. The third-order valence-corrected chi connectivity index (χ3v) is 6.04. The monoisotopic (exact) mass is 420 g/mol. The summed E-state index contributed by atoms with van der Waals surface area (Å²) < 4.78 is 5.48. The van der Waals surface area contributed by atoms with Gasteiger partial charge in [-0.3, -0.25) is 0 Å². The van der Waals surface area contributed by atoms with Gasteiger partial charge < -0.3 is 19.6 Å². The van der Waals surface area contributed by atoms with E-state index in [-0.39, 0.29) is 6.61 Å². The number of piperidine rings is 1. The van der Waals surface area contributed by atoms with Crippen molar-refractivity contribution in [1.82, 2.24) is 9.80 Å². The van der Waals surface area contributed by atoms with Crippen LogP contribution in [0.15, 0.2) is 48.5 Å². The van der Waals surface area contributed by atoms with Crippen molar-refractivity contribution >= 4 is 0 Å². The van der Waals surface area contributed by atoms with Gasteiger partial charge in [0.25, 0.3) is 0 Å². The highest BCUT2D eigenvalue weighted by molar-refractivity contribution is 5.36. The Hall–Kier alpha value is -2.32. The number of para-hydroxylation sites is 1. The van der Waals surface area contributed by atoms with E-state index in [4.69, 9.17) is 9.84 Å². The summed E-state index contributed by atoms with van der Waals surface area (Å²) in [6.07, 6.45) is 4.13. The Morgan fingerprint density at radius 2 is 1.84 bits per heavy atom. The Balaban J connectivity index is 1.38. The van der Waals surface area contributed by atoms with Crippen molar-refractivity contribution in [3.8, 4) is 17.6 Å². The minimum atomic E-state index is 0.122. The van der Waals surface area contributed by atoms with Gasteiger partial charge in [-0.05, 0) is 74.6 Å². The summed E-state index contributed by atoms with van der Waals surface area (Å²) >= 11 is 0. The highest BCUT2D eigenvalue weighted by Crippen LogP contribution is 2.21. The van der Waals surface area contributed by atoms with Gasteiger partial charge in [0, 0.05) is 31.6 Å². The fraction of sp³-hybridized carbons (Fsp3) is 0.481. The lowest BCUT2D eigenvalue weighted by molar-refractivity contribution is 0.153. The van der Waals surface area contributed by atoms with Gasteiger partial charge in [0.15, 0.2) is 0 Å². The second kappa shape index (κ2) is 12.5. The van der Waals surface area contributed by atoms with Gasteiger partial charge >= 0.3 is 0 Å². The number of ether oxygens (including phenoxy) is 1. The largest absolute Gasteiger partial charge is 0.496 e. The van der Waals surface area contributed by atoms with Crippen molar-refractivity contribution < 1.29 is 9.84 Å². The molecule has 1 heterocycles. The summed E-state index contributed by atoms with van der Waals surface area (Å²) in [5, 5.41) is 8.81. The molecule has 1 N–H and O–H groups in total. The lowest BCUT2D eigenvalue weighted by Gasteiger charge is -2.34. The molecule has 0 amide bonds. The summed E-state index contributed by atoms with van der Waals surface area (Å²) in [6, 6.07) is 16.8. The molecule has 1 aliphatic heterocycles. The van der Waals surface area contributed by atoms with E-state index >= 15 is 0 Å². The molecular weight excluding hydrogens is 384 g/mol. The maximum atomic E-state index is 8.81. The normalized spacial score (nSPS) is 15.0. The van der Waals surface area contributed by atoms with E-state index in [0.29, 0.717) is 6.42 Å². The van der Waals surface area contributed by atoms with Crippen molar-refractivity contribution in [2.24, 2.45) is 5.92 Å². The number of methoxy groups -OCH3 is 1. The molecule has 0 atom stereocenters. The molecule has 0 spiro atoms. The maximum absolute atomic E-state index is 8.81. The molecule has 0 aromatic heterocycles. The van der Waals surface area contributed by atoms with E-state index < -0.39 is 0 Å². The summed E-state index contributed by atoms with van der Waals surface area (Å²) in [7, 11) is 3.98. The molecule has 0 aliphatic carbocycles. The van der Waals surface area contributed by atoms with Gasteiger partial charge in [0.05, 0.1) is 13.7 Å². The highest BCUT2D eigenvalue weighted by atomic mass is 16.5. The van der Waals surface area contributed by atoms with Crippen molar-refractivity contribution in [2.75, 3.05) is 46.9 Å². The molecule has 4 heteroatoms. The summed E-state index contributed by atoms with van der Waals surface area (Å²) in [5.41, 5.74) is 3.64. The topological polar surface area (TPSA) is 35.9 Å². The first-order chi connectivity index (χ1) is 15.2. The Bertz CT molecular complexity index is 846. The van der Waals surface area contributed by atoms with E-state index in [1.165, 1.54) is 37.1 Å². The summed E-state index contributed by atoms with van der Waals surface area (Å²) in [5.74, 6) is 7.84. The van der Waals surface area contributed by atoms with Gasteiger partial charge in [0.1, 0.15) is 5.75 Å². The molecule has 166 valence electrons. The molecule has 1 aliphatic rings. The maximum Gasteiger partial charge on any atom is 0.122 e. The van der Waals surface area contributed by atoms with Crippen LogP contribution in [0.2, 0.25) is 0 Å². The van der Waals surface area contributed by atoms with E-state index in [9.17, 15) is 0 Å². The van der Waals surface area contributed by atoms with Crippen molar-refractivity contribution in [2.45, 2.75) is 32.2 Å². The molecule has 3 rings (SSSR count). The number of hydrogen-bond donors (Lipinski definition) is 1. The van der Waals surface area contributed by atoms with Crippen LogP contribution in [0.1, 0.15) is 36.0 Å². The first-order valence-electron chi connectivity index (χ1n) is 11.4. The van der Waals surface area contributed by atoms with Gasteiger partial charge in [-0.15, -0.1) is 0 Å². The molecule has 0 bridgehead atoms. The fourth-order valence-corrected chi connectivity index (χ4v) is 4.31. The van der Waals surface area contributed by atoms with E-state index in [1.807, 2.05) is 6.07 Å². The number of nitrogens with zero attached hydrogens (tertiary/aromatic N) is 2. The van der Waals surface area contributed by atoms with Gasteiger partial charge in [-0.25, -0.2) is 0 Å². The van der Waals surface area contributed by atoms with Crippen LogP contribution in [0.5, 0.6) is 5.75 Å². The molecule has 1 saturated heterocycles. The predicted octanol–water partition coefficient (Wildman–Crippen LogP) is 3.82. The van der Waals surface area contributed by atoms with Crippen LogP contribution in [0.3, 0.4) is 0 Å². The second-order valence-electron chi connectivity index (χ2n) is 8.52. The average Bonchev–Trinajstić information content (AvgIpc) is 2.80. The number of likely N-dealkylation sites (tertiary alicyclic amines) is 1. The molecule has 0 saturated carbocycles. The number of rotatable bonds is 9. The molecule has 0 unspecified atom stereocenters. The Labute approximate surface area is 187 Å². The first-order valence-corrected chi connectivity index (χ1v) is 11.4. The second-order valence-corrected chi connectivity index (χ2v) is 8.52. The van der Waals surface area contributed by atoms with Crippen molar-refractivity contribution in [3.63, 3.8) is 0 Å². The average molecular weight is 421 g/mol. The van der Waals surface area contributed by atoms with E-state index in [2.05, 4.69) is 71.2 Å². The number of aliphatic hydroxyl groups is 1. The van der Waals surface area contributed by atoms with Crippen LogP contribution < -0.4 is 4.74 Å². The minimum Gasteiger partial charge on any atom is -0.496 e.